The van der Waals surface area contributed by atoms with Gasteiger partial charge in [-0.25, -0.2) is 0 Å². The summed E-state index contributed by atoms with van der Waals surface area (Å²) in [4.78, 5) is 13.0. The summed E-state index contributed by atoms with van der Waals surface area (Å²) in [5.74, 6) is -21.1. The molecule has 0 saturated heterocycles. The fraction of sp³-hybridized carbons (Fsp3) is 0.409. The molecule has 2 aromatic carbocycles. The number of hydrogen-bond acceptors (Lipinski definition) is 1. The maximum Gasteiger partial charge on any atom is 0.460 e. The molecule has 0 fully saturated rings. The molecule has 2 nitrogen and oxygen atoms in total. The maximum absolute atomic E-state index is 14.5. The average molecular weight is 485 g/mol. The number of carbonyl (C=O) groups is 1. The topological polar surface area (TPSA) is 29.1 Å². The van der Waals surface area contributed by atoms with Gasteiger partial charge in [-0.05, 0) is 38.5 Å². The molecular weight excluding hydrogens is 465 g/mol. The van der Waals surface area contributed by atoms with Crippen LogP contribution in [0.15, 0.2) is 48.5 Å². The zero-order valence-electron chi connectivity index (χ0n) is 17.6. The number of alkyl halides is 9. The first-order valence-corrected chi connectivity index (χ1v) is 9.50. The van der Waals surface area contributed by atoms with Crippen molar-refractivity contribution >= 4 is 11.6 Å². The number of anilines is 1. The fourth-order valence-electron chi connectivity index (χ4n) is 3.10. The van der Waals surface area contributed by atoms with Crippen LogP contribution in [-0.2, 0) is 10.2 Å². The lowest BCUT2D eigenvalue weighted by Crippen LogP contribution is -2.62. The normalized spacial score (nSPS) is 15.2. The van der Waals surface area contributed by atoms with Gasteiger partial charge in [0, 0.05) is 12.1 Å². The van der Waals surface area contributed by atoms with Gasteiger partial charge in [-0.3, -0.25) is 4.79 Å². The smallest absolute Gasteiger partial charge is 0.325 e. The highest BCUT2D eigenvalue weighted by Crippen LogP contribution is 2.56. The molecule has 0 spiro atoms. The molecule has 1 amide bonds. The van der Waals surface area contributed by atoms with Crippen molar-refractivity contribution in [3.8, 4) is 0 Å². The van der Waals surface area contributed by atoms with Gasteiger partial charge in [0.1, 0.15) is 0 Å². The van der Waals surface area contributed by atoms with E-state index in [4.69, 9.17) is 0 Å². The van der Waals surface area contributed by atoms with E-state index in [1.807, 2.05) is 0 Å². The number of benzene rings is 2. The first-order valence-electron chi connectivity index (χ1n) is 9.50. The summed E-state index contributed by atoms with van der Waals surface area (Å²) in [5, 5.41) is 2.24. The summed E-state index contributed by atoms with van der Waals surface area (Å²) in [6.07, 6.45) is -9.26. The Balaban J connectivity index is 2.54. The Morgan fingerprint density at radius 2 is 1.15 bits per heavy atom. The lowest BCUT2D eigenvalue weighted by atomic mass is 9.74. The van der Waals surface area contributed by atoms with E-state index < -0.39 is 41.7 Å². The van der Waals surface area contributed by atoms with E-state index in [-0.39, 0.29) is 11.3 Å². The summed E-state index contributed by atoms with van der Waals surface area (Å²) in [5.41, 5.74) is -1.42. The van der Waals surface area contributed by atoms with Gasteiger partial charge in [0.05, 0.1) is 5.41 Å². The second kappa shape index (κ2) is 8.57. The number of hydrogen-bond donors (Lipinski definition) is 1. The quantitative estimate of drug-likeness (QED) is 0.418. The minimum atomic E-state index is -7.04. The highest BCUT2D eigenvalue weighted by atomic mass is 19.4. The van der Waals surface area contributed by atoms with Crippen LogP contribution in [0.5, 0.6) is 0 Å². The molecule has 2 aromatic rings. The third kappa shape index (κ3) is 4.96. The standard InChI is InChI=1S/C22H20F9NO/c1-13-4-8-15(9-5-13)18(3,17(33)32-16-10-6-14(2)7-11-16)12-19(23,24)20(25,26)21(27,28)22(29,30)31/h4-11H,12H2,1-3H3,(H,32,33)/t18-/m1/s1. The van der Waals surface area contributed by atoms with Crippen molar-refractivity contribution in [2.24, 2.45) is 0 Å². The largest absolute Gasteiger partial charge is 0.460 e. The second-order valence-electron chi connectivity index (χ2n) is 8.05. The second-order valence-corrected chi connectivity index (χ2v) is 8.05. The van der Waals surface area contributed by atoms with E-state index in [0.29, 0.717) is 5.56 Å². The molecule has 0 aliphatic rings. The zero-order chi connectivity index (χ0) is 25.5. The Labute approximate surface area is 183 Å². The van der Waals surface area contributed by atoms with E-state index in [1.165, 1.54) is 24.3 Å². The van der Waals surface area contributed by atoms with Gasteiger partial charge < -0.3 is 5.32 Å². The van der Waals surface area contributed by atoms with Crippen LogP contribution in [0.25, 0.3) is 0 Å². The average Bonchev–Trinajstić information content (AvgIpc) is 2.68. The van der Waals surface area contributed by atoms with Crippen LogP contribution in [0, 0.1) is 13.8 Å². The van der Waals surface area contributed by atoms with Crippen LogP contribution in [0.3, 0.4) is 0 Å². The Hall–Kier alpha value is -2.72. The highest BCUT2D eigenvalue weighted by Gasteiger charge is 2.82. The Bertz CT molecular complexity index is 982. The predicted octanol–water partition coefficient (Wildman–Crippen LogP) is 7.06. The SMILES string of the molecule is Cc1ccc(NC(=O)[C@](C)(CC(F)(F)C(F)(F)C(F)(F)C(F)(F)F)c2ccc(C)cc2)cc1. The molecule has 1 N–H and O–H groups in total. The van der Waals surface area contributed by atoms with Crippen LogP contribution >= 0.6 is 0 Å². The van der Waals surface area contributed by atoms with Crippen LogP contribution in [-0.4, -0.2) is 29.9 Å². The van der Waals surface area contributed by atoms with Crippen LogP contribution in [0.4, 0.5) is 45.2 Å². The summed E-state index contributed by atoms with van der Waals surface area (Å²) in [6.45, 7) is 4.09. The van der Waals surface area contributed by atoms with E-state index >= 15 is 0 Å². The summed E-state index contributed by atoms with van der Waals surface area (Å²) >= 11 is 0. The van der Waals surface area contributed by atoms with Crippen LogP contribution in [0.2, 0.25) is 0 Å². The Morgan fingerprint density at radius 3 is 1.58 bits per heavy atom. The minimum Gasteiger partial charge on any atom is -0.325 e. The first kappa shape index (κ1) is 26.5. The molecule has 11 heteroatoms. The summed E-state index contributed by atoms with van der Waals surface area (Å²) in [6, 6.07) is 10.8. The molecule has 182 valence electrons. The monoisotopic (exact) mass is 485 g/mol. The van der Waals surface area contributed by atoms with Crippen molar-refractivity contribution in [2.45, 2.75) is 56.6 Å². The molecule has 0 aromatic heterocycles. The first-order chi connectivity index (χ1) is 14.8. The molecule has 33 heavy (non-hydrogen) atoms. The van der Waals surface area contributed by atoms with Crippen molar-refractivity contribution in [1.29, 1.82) is 0 Å². The van der Waals surface area contributed by atoms with Gasteiger partial charge >= 0.3 is 23.9 Å². The van der Waals surface area contributed by atoms with Crippen molar-refractivity contribution in [1.82, 2.24) is 0 Å². The van der Waals surface area contributed by atoms with Crippen molar-refractivity contribution < 1.29 is 44.3 Å². The van der Waals surface area contributed by atoms with Crippen molar-refractivity contribution in [3.05, 3.63) is 65.2 Å². The van der Waals surface area contributed by atoms with Crippen LogP contribution < -0.4 is 5.32 Å². The number of rotatable bonds is 7. The van der Waals surface area contributed by atoms with Gasteiger partial charge in [0.25, 0.3) is 0 Å². The number of nitrogens with one attached hydrogen (secondary N) is 1. The molecular formula is C22H20F9NO. The van der Waals surface area contributed by atoms with E-state index in [1.54, 1.807) is 26.0 Å². The van der Waals surface area contributed by atoms with Crippen molar-refractivity contribution in [2.75, 3.05) is 5.32 Å². The third-order valence-corrected chi connectivity index (χ3v) is 5.28. The predicted molar refractivity (Wildman–Crippen MR) is 104 cm³/mol. The molecule has 0 aliphatic heterocycles. The molecule has 1 atom stereocenters. The maximum atomic E-state index is 14.5. The minimum absolute atomic E-state index is 0.0830. The molecule has 0 saturated carbocycles. The molecule has 0 bridgehead atoms. The number of halogens is 9. The fourth-order valence-corrected chi connectivity index (χ4v) is 3.10. The molecule has 0 aliphatic carbocycles. The number of carbonyl (C=O) groups excluding carboxylic acids is 1. The third-order valence-electron chi connectivity index (χ3n) is 5.28. The van der Waals surface area contributed by atoms with Gasteiger partial charge in [-0.1, -0.05) is 47.5 Å². The molecule has 0 radical (unpaired) electrons. The molecule has 0 unspecified atom stereocenters. The van der Waals surface area contributed by atoms with Gasteiger partial charge in [0.2, 0.25) is 5.91 Å². The lowest BCUT2D eigenvalue weighted by molar-refractivity contribution is -0.397. The summed E-state index contributed by atoms with van der Waals surface area (Å²) in [7, 11) is 0. The Kier molecular flexibility index (Phi) is 6.89. The van der Waals surface area contributed by atoms with Gasteiger partial charge in [-0.2, -0.15) is 39.5 Å². The van der Waals surface area contributed by atoms with Crippen LogP contribution in [0.1, 0.15) is 30.0 Å². The van der Waals surface area contributed by atoms with E-state index in [2.05, 4.69) is 5.32 Å². The lowest BCUT2D eigenvalue weighted by Gasteiger charge is -2.38. The Morgan fingerprint density at radius 1 is 0.727 bits per heavy atom. The number of aryl methyl sites for hydroxylation is 2. The molecule has 0 heterocycles. The molecule has 2 rings (SSSR count). The highest BCUT2D eigenvalue weighted by molar-refractivity contribution is 5.99. The van der Waals surface area contributed by atoms with E-state index in [0.717, 1.165) is 24.6 Å². The van der Waals surface area contributed by atoms with Gasteiger partial charge in [0.15, 0.2) is 0 Å². The summed E-state index contributed by atoms with van der Waals surface area (Å²) < 4.78 is 121. The van der Waals surface area contributed by atoms with Crippen molar-refractivity contribution in [3.63, 3.8) is 0 Å². The van der Waals surface area contributed by atoms with Gasteiger partial charge in [-0.15, -0.1) is 0 Å². The zero-order valence-corrected chi connectivity index (χ0v) is 17.6. The number of amides is 1. The van der Waals surface area contributed by atoms with E-state index in [9.17, 15) is 44.3 Å².